The van der Waals surface area contributed by atoms with Crippen LogP contribution >= 0.6 is 0 Å². The number of carboxylic acids is 1. The van der Waals surface area contributed by atoms with Crippen molar-refractivity contribution in [3.63, 3.8) is 0 Å². The molecular formula is C12H21NO4. The number of carboxylic acid groups (broad SMARTS) is 1. The fraction of sp³-hybridized carbons (Fsp3) is 0.833. The topological polar surface area (TPSA) is 66.8 Å². The molecule has 0 aromatic rings. The normalized spacial score (nSPS) is 18.7. The van der Waals surface area contributed by atoms with Crippen LogP contribution in [-0.4, -0.2) is 48.7 Å². The summed E-state index contributed by atoms with van der Waals surface area (Å²) in [6.07, 6.45) is 1.84. The monoisotopic (exact) mass is 243 g/mol. The third-order valence-electron chi connectivity index (χ3n) is 3.40. The number of nitrogens with zero attached hydrogens (tertiary/aromatic N) is 1. The highest BCUT2D eigenvalue weighted by Gasteiger charge is 2.27. The predicted octanol–water partition coefficient (Wildman–Crippen LogP) is 0.982. The van der Waals surface area contributed by atoms with E-state index in [9.17, 15) is 9.59 Å². The summed E-state index contributed by atoms with van der Waals surface area (Å²) < 4.78 is 5.27. The van der Waals surface area contributed by atoms with Gasteiger partial charge in [0.25, 0.3) is 0 Å². The first-order chi connectivity index (χ1) is 8.02. The Morgan fingerprint density at radius 1 is 1.41 bits per heavy atom. The largest absolute Gasteiger partial charge is 0.481 e. The smallest absolute Gasteiger partial charge is 0.305 e. The molecule has 0 radical (unpaired) electrons. The van der Waals surface area contributed by atoms with E-state index in [4.69, 9.17) is 9.84 Å². The van der Waals surface area contributed by atoms with E-state index in [-0.39, 0.29) is 24.8 Å². The van der Waals surface area contributed by atoms with Crippen LogP contribution < -0.4 is 0 Å². The van der Waals surface area contributed by atoms with Crippen molar-refractivity contribution < 1.29 is 19.4 Å². The Bertz CT molecular complexity index is 274. The fourth-order valence-corrected chi connectivity index (χ4v) is 2.14. The lowest BCUT2D eigenvalue weighted by Gasteiger charge is -2.29. The van der Waals surface area contributed by atoms with Crippen molar-refractivity contribution in [3.8, 4) is 0 Å². The highest BCUT2D eigenvalue weighted by molar-refractivity contribution is 5.79. The van der Waals surface area contributed by atoms with Gasteiger partial charge in [-0.1, -0.05) is 6.92 Å². The Morgan fingerprint density at radius 3 is 2.53 bits per heavy atom. The minimum atomic E-state index is -0.872. The first kappa shape index (κ1) is 14.0. The van der Waals surface area contributed by atoms with Gasteiger partial charge in [0.15, 0.2) is 0 Å². The van der Waals surface area contributed by atoms with E-state index in [1.807, 2.05) is 6.92 Å². The molecule has 1 N–H and O–H groups in total. The number of rotatable bonds is 5. The second kappa shape index (κ2) is 6.59. The summed E-state index contributed by atoms with van der Waals surface area (Å²) in [5.41, 5.74) is 0. The summed E-state index contributed by atoms with van der Waals surface area (Å²) in [6, 6.07) is 0. The molecular weight excluding hydrogens is 222 g/mol. The van der Waals surface area contributed by atoms with E-state index in [1.165, 1.54) is 4.90 Å². The zero-order valence-electron chi connectivity index (χ0n) is 10.5. The van der Waals surface area contributed by atoms with Gasteiger partial charge in [-0.2, -0.15) is 0 Å². The number of hydrogen-bond donors (Lipinski definition) is 1. The third kappa shape index (κ3) is 4.34. The van der Waals surface area contributed by atoms with Gasteiger partial charge in [0.2, 0.25) is 5.91 Å². The minimum absolute atomic E-state index is 0.00272. The van der Waals surface area contributed by atoms with Gasteiger partial charge in [0.05, 0.1) is 6.42 Å². The summed E-state index contributed by atoms with van der Waals surface area (Å²) in [7, 11) is 1.67. The van der Waals surface area contributed by atoms with Crippen LogP contribution in [0.1, 0.15) is 26.2 Å². The van der Waals surface area contributed by atoms with Crippen molar-refractivity contribution in [2.24, 2.45) is 11.8 Å². The molecule has 17 heavy (non-hydrogen) atoms. The van der Waals surface area contributed by atoms with Crippen LogP contribution in [0.25, 0.3) is 0 Å². The Morgan fingerprint density at radius 2 is 2.00 bits per heavy atom. The Kier molecular flexibility index (Phi) is 5.41. The van der Waals surface area contributed by atoms with E-state index in [2.05, 4.69) is 0 Å². The van der Waals surface area contributed by atoms with Crippen LogP contribution in [0.4, 0.5) is 0 Å². The summed E-state index contributed by atoms with van der Waals surface area (Å²) in [5, 5.41) is 8.58. The van der Waals surface area contributed by atoms with Crippen molar-refractivity contribution in [3.05, 3.63) is 0 Å². The molecule has 1 heterocycles. The number of ether oxygens (including phenoxy) is 1. The maximum atomic E-state index is 12.0. The molecule has 5 heteroatoms. The molecule has 0 aromatic heterocycles. The standard InChI is InChI=1S/C12H21NO4/c1-9(10-4-7-17-8-5-10)12(16)13(2)6-3-11(14)15/h9-10H,3-8H2,1-2H3,(H,14,15). The zero-order valence-corrected chi connectivity index (χ0v) is 10.5. The average molecular weight is 243 g/mol. The minimum Gasteiger partial charge on any atom is -0.481 e. The maximum absolute atomic E-state index is 12.0. The molecule has 0 aliphatic carbocycles. The van der Waals surface area contributed by atoms with Gasteiger partial charge in [-0.25, -0.2) is 0 Å². The van der Waals surface area contributed by atoms with Gasteiger partial charge in [-0.15, -0.1) is 0 Å². The lowest BCUT2D eigenvalue weighted by atomic mass is 9.86. The number of carbonyl (C=O) groups is 2. The summed E-state index contributed by atoms with van der Waals surface area (Å²) in [6.45, 7) is 3.65. The number of hydrogen-bond acceptors (Lipinski definition) is 3. The highest BCUT2D eigenvalue weighted by Crippen LogP contribution is 2.24. The maximum Gasteiger partial charge on any atom is 0.305 e. The molecule has 1 unspecified atom stereocenters. The molecule has 0 spiro atoms. The van der Waals surface area contributed by atoms with Crippen molar-refractivity contribution in [2.45, 2.75) is 26.2 Å². The molecule has 0 bridgehead atoms. The van der Waals surface area contributed by atoms with Gasteiger partial charge in [0, 0.05) is 32.7 Å². The molecule has 1 atom stereocenters. The van der Waals surface area contributed by atoms with Crippen LogP contribution in [0.5, 0.6) is 0 Å². The summed E-state index contributed by atoms with van der Waals surface area (Å²) >= 11 is 0. The molecule has 5 nitrogen and oxygen atoms in total. The third-order valence-corrected chi connectivity index (χ3v) is 3.40. The zero-order chi connectivity index (χ0) is 12.8. The molecule has 1 saturated heterocycles. The van der Waals surface area contributed by atoms with Crippen molar-refractivity contribution in [1.82, 2.24) is 4.90 Å². The Hall–Kier alpha value is -1.10. The lowest BCUT2D eigenvalue weighted by molar-refractivity contribution is -0.140. The van der Waals surface area contributed by atoms with Crippen LogP contribution in [0.15, 0.2) is 0 Å². The molecule has 0 saturated carbocycles. The number of aliphatic carboxylic acids is 1. The van der Waals surface area contributed by atoms with E-state index >= 15 is 0 Å². The second-order valence-corrected chi connectivity index (χ2v) is 4.64. The molecule has 1 fully saturated rings. The quantitative estimate of drug-likeness (QED) is 0.781. The van der Waals surface area contributed by atoms with Crippen molar-refractivity contribution in [1.29, 1.82) is 0 Å². The van der Waals surface area contributed by atoms with Gasteiger partial charge >= 0.3 is 5.97 Å². The van der Waals surface area contributed by atoms with Crippen LogP contribution in [0, 0.1) is 11.8 Å². The molecule has 1 aliphatic rings. The lowest BCUT2D eigenvalue weighted by Crippen LogP contribution is -2.38. The van der Waals surface area contributed by atoms with E-state index in [0.717, 1.165) is 26.1 Å². The highest BCUT2D eigenvalue weighted by atomic mass is 16.5. The van der Waals surface area contributed by atoms with E-state index < -0.39 is 5.97 Å². The predicted molar refractivity (Wildman–Crippen MR) is 62.6 cm³/mol. The molecule has 98 valence electrons. The van der Waals surface area contributed by atoms with Crippen LogP contribution in [0.2, 0.25) is 0 Å². The van der Waals surface area contributed by atoms with Crippen LogP contribution in [-0.2, 0) is 14.3 Å². The van der Waals surface area contributed by atoms with Gasteiger partial charge < -0.3 is 14.7 Å². The van der Waals surface area contributed by atoms with Gasteiger partial charge in [-0.3, -0.25) is 9.59 Å². The molecule has 1 amide bonds. The fourth-order valence-electron chi connectivity index (χ4n) is 2.14. The van der Waals surface area contributed by atoms with Gasteiger partial charge in [0.1, 0.15) is 0 Å². The number of amides is 1. The average Bonchev–Trinajstić information content (AvgIpc) is 2.35. The summed E-state index contributed by atoms with van der Waals surface area (Å²) in [4.78, 5) is 24.0. The SMILES string of the molecule is CC(C(=O)N(C)CCC(=O)O)C1CCOCC1. The molecule has 0 aromatic carbocycles. The van der Waals surface area contributed by atoms with Crippen molar-refractivity contribution >= 4 is 11.9 Å². The number of carbonyl (C=O) groups excluding carboxylic acids is 1. The van der Waals surface area contributed by atoms with Crippen LogP contribution in [0.3, 0.4) is 0 Å². The first-order valence-electron chi connectivity index (χ1n) is 6.07. The molecule has 1 rings (SSSR count). The van der Waals surface area contributed by atoms with E-state index in [1.54, 1.807) is 7.05 Å². The van der Waals surface area contributed by atoms with E-state index in [0.29, 0.717) is 5.92 Å². The Labute approximate surface area is 102 Å². The van der Waals surface area contributed by atoms with Crippen molar-refractivity contribution in [2.75, 3.05) is 26.8 Å². The second-order valence-electron chi connectivity index (χ2n) is 4.64. The van der Waals surface area contributed by atoms with Gasteiger partial charge in [-0.05, 0) is 18.8 Å². The molecule has 1 aliphatic heterocycles. The Balaban J connectivity index is 2.41. The summed E-state index contributed by atoms with van der Waals surface area (Å²) in [5.74, 6) is -0.511. The first-order valence-corrected chi connectivity index (χ1v) is 6.07.